The second kappa shape index (κ2) is 5.75. The fourth-order valence-electron chi connectivity index (χ4n) is 2.12. The monoisotopic (exact) mass is 331 g/mol. The molecule has 22 heavy (non-hydrogen) atoms. The van der Waals surface area contributed by atoms with Crippen molar-refractivity contribution in [1.29, 1.82) is 0 Å². The number of hydrogen-bond acceptors (Lipinski definition) is 3. The summed E-state index contributed by atoms with van der Waals surface area (Å²) >= 11 is 11.3. The van der Waals surface area contributed by atoms with Gasteiger partial charge in [-0.15, -0.1) is 0 Å². The predicted octanol–water partition coefficient (Wildman–Crippen LogP) is 4.76. The van der Waals surface area contributed by atoms with E-state index in [1.54, 1.807) is 22.8 Å². The summed E-state index contributed by atoms with van der Waals surface area (Å²) in [5.74, 6) is 0. The van der Waals surface area contributed by atoms with E-state index in [4.69, 9.17) is 23.8 Å². The second-order valence-corrected chi connectivity index (χ2v) is 5.45. The highest BCUT2D eigenvalue weighted by Gasteiger charge is 2.08. The minimum Gasteiger partial charge on any atom is -0.330 e. The number of rotatable bonds is 3. The van der Waals surface area contributed by atoms with Crippen LogP contribution in [0.2, 0.25) is 5.02 Å². The van der Waals surface area contributed by atoms with Crippen LogP contribution in [0.25, 0.3) is 16.9 Å². The van der Waals surface area contributed by atoms with Crippen LogP contribution >= 0.6 is 23.8 Å². The number of nitrogens with zero attached hydrogens (tertiary/aromatic N) is 2. The summed E-state index contributed by atoms with van der Waals surface area (Å²) < 4.78 is 2.33. The van der Waals surface area contributed by atoms with Gasteiger partial charge in [-0.2, -0.15) is 0 Å². The molecule has 1 N–H and O–H groups in total. The predicted molar refractivity (Wildman–Crippen MR) is 88.1 cm³/mol. The number of H-pyrrole nitrogens is 1. The summed E-state index contributed by atoms with van der Waals surface area (Å²) in [6.45, 7) is 0. The van der Waals surface area contributed by atoms with Crippen LogP contribution in [0.3, 0.4) is 0 Å². The molecular formula is C15H10ClN3O2S. The van der Waals surface area contributed by atoms with Gasteiger partial charge in [0.05, 0.1) is 10.6 Å². The van der Waals surface area contributed by atoms with E-state index in [0.717, 1.165) is 16.9 Å². The molecule has 0 radical (unpaired) electrons. The maximum Gasteiger partial charge on any atom is 0.269 e. The van der Waals surface area contributed by atoms with E-state index in [1.165, 1.54) is 12.1 Å². The number of nitrogens with one attached hydrogen (secondary N) is 1. The van der Waals surface area contributed by atoms with Crippen molar-refractivity contribution in [2.75, 3.05) is 0 Å². The Morgan fingerprint density at radius 2 is 1.91 bits per heavy atom. The van der Waals surface area contributed by atoms with E-state index < -0.39 is 4.92 Å². The summed E-state index contributed by atoms with van der Waals surface area (Å²) in [6, 6.07) is 13.6. The number of non-ortho nitro benzene ring substituents is 1. The highest BCUT2D eigenvalue weighted by molar-refractivity contribution is 7.71. The van der Waals surface area contributed by atoms with Crippen LogP contribution in [0.15, 0.2) is 54.7 Å². The Kier molecular flexibility index (Phi) is 3.79. The van der Waals surface area contributed by atoms with Crippen molar-refractivity contribution in [2.24, 2.45) is 0 Å². The Hall–Kier alpha value is -2.44. The maximum atomic E-state index is 10.7. The molecule has 0 saturated carbocycles. The first-order valence-electron chi connectivity index (χ1n) is 6.37. The Labute approximate surface area is 135 Å². The third kappa shape index (κ3) is 2.79. The van der Waals surface area contributed by atoms with E-state index in [0.29, 0.717) is 9.79 Å². The van der Waals surface area contributed by atoms with Crippen LogP contribution < -0.4 is 0 Å². The van der Waals surface area contributed by atoms with Gasteiger partial charge in [0.1, 0.15) is 0 Å². The van der Waals surface area contributed by atoms with Gasteiger partial charge in [0, 0.05) is 34.6 Å². The number of aromatic nitrogens is 2. The zero-order valence-corrected chi connectivity index (χ0v) is 12.8. The number of benzene rings is 2. The molecule has 0 saturated heterocycles. The molecule has 0 bridgehead atoms. The van der Waals surface area contributed by atoms with Gasteiger partial charge in [0.15, 0.2) is 4.77 Å². The van der Waals surface area contributed by atoms with Gasteiger partial charge in [0.25, 0.3) is 5.69 Å². The molecule has 110 valence electrons. The molecule has 3 aromatic rings. The van der Waals surface area contributed by atoms with Gasteiger partial charge < -0.3 is 4.98 Å². The van der Waals surface area contributed by atoms with Crippen LogP contribution in [0.4, 0.5) is 5.69 Å². The van der Waals surface area contributed by atoms with Crippen molar-refractivity contribution in [3.05, 3.63) is 74.6 Å². The first-order chi connectivity index (χ1) is 10.5. The van der Waals surface area contributed by atoms with Gasteiger partial charge in [-0.05, 0) is 42.5 Å². The lowest BCUT2D eigenvalue weighted by atomic mass is 10.1. The first-order valence-corrected chi connectivity index (χ1v) is 7.15. The quantitative estimate of drug-likeness (QED) is 0.427. The Balaban J connectivity index is 2.02. The van der Waals surface area contributed by atoms with Gasteiger partial charge in [-0.25, -0.2) is 0 Å². The van der Waals surface area contributed by atoms with Crippen molar-refractivity contribution in [3.63, 3.8) is 0 Å². The van der Waals surface area contributed by atoms with Crippen LogP contribution in [0.1, 0.15) is 0 Å². The topological polar surface area (TPSA) is 63.9 Å². The zero-order valence-electron chi connectivity index (χ0n) is 11.2. The molecule has 0 aliphatic carbocycles. The smallest absolute Gasteiger partial charge is 0.269 e. The number of nitro benzene ring substituents is 1. The van der Waals surface area contributed by atoms with Gasteiger partial charge >= 0.3 is 0 Å². The lowest BCUT2D eigenvalue weighted by Gasteiger charge is -2.02. The third-order valence-corrected chi connectivity index (χ3v) is 3.73. The van der Waals surface area contributed by atoms with Crippen molar-refractivity contribution < 1.29 is 4.92 Å². The van der Waals surface area contributed by atoms with Crippen molar-refractivity contribution in [1.82, 2.24) is 9.55 Å². The summed E-state index contributed by atoms with van der Waals surface area (Å²) in [5.41, 5.74) is 2.50. The van der Waals surface area contributed by atoms with Crippen LogP contribution in [0, 0.1) is 14.9 Å². The summed E-state index contributed by atoms with van der Waals surface area (Å²) in [6.07, 6.45) is 1.84. The van der Waals surface area contributed by atoms with E-state index in [2.05, 4.69) is 4.98 Å². The number of nitro groups is 1. The average Bonchev–Trinajstić information content (AvgIpc) is 2.89. The third-order valence-electron chi connectivity index (χ3n) is 3.19. The van der Waals surface area contributed by atoms with Gasteiger partial charge in [0.2, 0.25) is 0 Å². The normalized spacial score (nSPS) is 10.6. The maximum absolute atomic E-state index is 10.7. The highest BCUT2D eigenvalue weighted by Crippen LogP contribution is 2.23. The summed E-state index contributed by atoms with van der Waals surface area (Å²) in [7, 11) is 0. The Bertz CT molecular complexity index is 900. The van der Waals surface area contributed by atoms with E-state index >= 15 is 0 Å². The lowest BCUT2D eigenvalue weighted by Crippen LogP contribution is -1.91. The molecule has 0 unspecified atom stereocenters. The minimum atomic E-state index is -0.427. The van der Waals surface area contributed by atoms with Gasteiger partial charge in [-0.3, -0.25) is 14.7 Å². The number of imidazole rings is 1. The Morgan fingerprint density at radius 3 is 2.55 bits per heavy atom. The van der Waals surface area contributed by atoms with E-state index in [-0.39, 0.29) is 5.69 Å². The summed E-state index contributed by atoms with van der Waals surface area (Å²) in [4.78, 5) is 13.4. The summed E-state index contributed by atoms with van der Waals surface area (Å²) in [5, 5.41) is 11.3. The fraction of sp³-hybridized carbons (Fsp3) is 0. The average molecular weight is 332 g/mol. The highest BCUT2D eigenvalue weighted by atomic mass is 35.5. The molecule has 2 aromatic carbocycles. The molecule has 0 atom stereocenters. The number of aromatic amines is 1. The van der Waals surface area contributed by atoms with Gasteiger partial charge in [-0.1, -0.05) is 17.7 Å². The molecule has 3 rings (SSSR count). The molecular weight excluding hydrogens is 322 g/mol. The van der Waals surface area contributed by atoms with Crippen molar-refractivity contribution in [2.45, 2.75) is 0 Å². The standard InChI is InChI=1S/C15H10ClN3O2S/c16-11-2-1-3-13(8-11)18-9-14(17-15(18)22)10-4-6-12(7-5-10)19(20)21/h1-9H,(H,17,22). The molecule has 0 spiro atoms. The van der Waals surface area contributed by atoms with E-state index in [9.17, 15) is 10.1 Å². The molecule has 0 aliphatic rings. The zero-order chi connectivity index (χ0) is 15.7. The van der Waals surface area contributed by atoms with Crippen LogP contribution in [-0.4, -0.2) is 14.5 Å². The fourth-order valence-corrected chi connectivity index (χ4v) is 2.58. The largest absolute Gasteiger partial charge is 0.330 e. The minimum absolute atomic E-state index is 0.0524. The van der Waals surface area contributed by atoms with Crippen LogP contribution in [-0.2, 0) is 0 Å². The van der Waals surface area contributed by atoms with E-state index in [1.807, 2.05) is 24.4 Å². The first kappa shape index (κ1) is 14.5. The molecule has 1 aromatic heterocycles. The van der Waals surface area contributed by atoms with Crippen molar-refractivity contribution >= 4 is 29.5 Å². The number of halogens is 1. The van der Waals surface area contributed by atoms with Crippen molar-refractivity contribution in [3.8, 4) is 16.9 Å². The molecule has 5 nitrogen and oxygen atoms in total. The lowest BCUT2D eigenvalue weighted by molar-refractivity contribution is -0.384. The Morgan fingerprint density at radius 1 is 1.18 bits per heavy atom. The molecule has 0 aliphatic heterocycles. The van der Waals surface area contributed by atoms with Crippen LogP contribution in [0.5, 0.6) is 0 Å². The molecule has 7 heteroatoms. The molecule has 1 heterocycles. The molecule has 0 amide bonds. The second-order valence-electron chi connectivity index (χ2n) is 4.63. The number of hydrogen-bond donors (Lipinski definition) is 1. The molecule has 0 fully saturated rings. The SMILES string of the molecule is O=[N+]([O-])c1ccc(-c2cn(-c3cccc(Cl)c3)c(=S)[nH]2)cc1.